The molecule has 0 fully saturated rings. The molecule has 0 aliphatic rings. The van der Waals surface area contributed by atoms with E-state index in [0.717, 1.165) is 12.0 Å². The standard InChI is InChI=1S/C6H9ClO.C4H6O2.C3H9N/c1-3-5(2)4-6(7)8;1-3(2)4(5)6;1-4(2)3/h4H,3H2,1-2H3;1H2,2H3,(H,5,6);1-3H3. The first-order chi connectivity index (χ1) is 8.04. The van der Waals surface area contributed by atoms with E-state index >= 15 is 0 Å². The first kappa shape index (κ1) is 22.1. The van der Waals surface area contributed by atoms with E-state index in [1.54, 1.807) is 0 Å². The van der Waals surface area contributed by atoms with Crippen molar-refractivity contribution in [1.82, 2.24) is 4.90 Å². The number of carboxylic acids is 1. The van der Waals surface area contributed by atoms with Crippen molar-refractivity contribution in [1.29, 1.82) is 0 Å². The number of allylic oxidation sites excluding steroid dienone is 2. The Morgan fingerprint density at radius 1 is 1.28 bits per heavy atom. The largest absolute Gasteiger partial charge is 0.478 e. The fourth-order valence-corrected chi connectivity index (χ4v) is 0.482. The topological polar surface area (TPSA) is 57.6 Å². The molecule has 0 rings (SSSR count). The number of aliphatic carboxylic acids is 1. The Kier molecular flexibility index (Phi) is 17.1. The van der Waals surface area contributed by atoms with Crippen LogP contribution < -0.4 is 0 Å². The van der Waals surface area contributed by atoms with Crippen LogP contribution in [-0.2, 0) is 9.59 Å². The molecule has 0 bridgehead atoms. The van der Waals surface area contributed by atoms with Crippen LogP contribution in [0.1, 0.15) is 27.2 Å². The van der Waals surface area contributed by atoms with Crippen molar-refractivity contribution in [2.24, 2.45) is 0 Å². The van der Waals surface area contributed by atoms with Gasteiger partial charge >= 0.3 is 5.97 Å². The Labute approximate surface area is 115 Å². The smallest absolute Gasteiger partial charge is 0.330 e. The highest BCUT2D eigenvalue weighted by molar-refractivity contribution is 6.66. The normalized spacial score (nSPS) is 9.67. The van der Waals surface area contributed by atoms with E-state index in [4.69, 9.17) is 16.7 Å². The van der Waals surface area contributed by atoms with Gasteiger partial charge in [-0.1, -0.05) is 19.1 Å². The minimum atomic E-state index is -0.935. The molecule has 0 saturated heterocycles. The zero-order valence-electron chi connectivity index (χ0n) is 12.1. The molecule has 0 atom stereocenters. The summed E-state index contributed by atoms with van der Waals surface area (Å²) in [6.07, 6.45) is 2.32. The molecule has 0 aliphatic carbocycles. The second kappa shape index (κ2) is 13.9. The molecule has 0 heterocycles. The molecule has 0 saturated carbocycles. The summed E-state index contributed by atoms with van der Waals surface area (Å²) >= 11 is 5.04. The molecular formula is C13H24ClNO3. The maximum atomic E-state index is 10.1. The monoisotopic (exact) mass is 277 g/mol. The van der Waals surface area contributed by atoms with Crippen LogP contribution in [0.15, 0.2) is 23.8 Å². The van der Waals surface area contributed by atoms with Crippen molar-refractivity contribution in [3.8, 4) is 0 Å². The van der Waals surface area contributed by atoms with E-state index in [0.29, 0.717) is 0 Å². The second-order valence-corrected chi connectivity index (χ2v) is 4.45. The highest BCUT2D eigenvalue weighted by Crippen LogP contribution is 1.98. The summed E-state index contributed by atoms with van der Waals surface area (Å²) < 4.78 is 0. The Hall–Kier alpha value is -1.13. The van der Waals surface area contributed by atoms with Crippen molar-refractivity contribution in [2.45, 2.75) is 27.2 Å². The van der Waals surface area contributed by atoms with Crippen molar-refractivity contribution in [3.63, 3.8) is 0 Å². The van der Waals surface area contributed by atoms with Gasteiger partial charge in [-0.2, -0.15) is 0 Å². The van der Waals surface area contributed by atoms with Gasteiger partial charge in [0, 0.05) is 5.57 Å². The van der Waals surface area contributed by atoms with E-state index in [1.165, 1.54) is 13.0 Å². The summed E-state index contributed by atoms with van der Waals surface area (Å²) in [5.41, 5.74) is 1.19. The van der Waals surface area contributed by atoms with Crippen LogP contribution in [0.2, 0.25) is 0 Å². The summed E-state index contributed by atoms with van der Waals surface area (Å²) in [5.74, 6) is -0.935. The van der Waals surface area contributed by atoms with E-state index in [-0.39, 0.29) is 10.8 Å². The number of halogens is 1. The number of nitrogens with zero attached hydrogens (tertiary/aromatic N) is 1. The Balaban J connectivity index is -0.000000200. The van der Waals surface area contributed by atoms with Gasteiger partial charge in [0.25, 0.3) is 0 Å². The molecule has 18 heavy (non-hydrogen) atoms. The van der Waals surface area contributed by atoms with Crippen molar-refractivity contribution >= 4 is 22.8 Å². The highest BCUT2D eigenvalue weighted by atomic mass is 35.5. The van der Waals surface area contributed by atoms with E-state index < -0.39 is 5.97 Å². The number of hydrogen-bond donors (Lipinski definition) is 1. The summed E-state index contributed by atoms with van der Waals surface area (Å²) in [6.45, 7) is 8.45. The van der Waals surface area contributed by atoms with Crippen LogP contribution in [0.25, 0.3) is 0 Å². The predicted molar refractivity (Wildman–Crippen MR) is 77.0 cm³/mol. The molecular weight excluding hydrogens is 254 g/mol. The van der Waals surface area contributed by atoms with Gasteiger partial charge in [-0.25, -0.2) is 4.79 Å². The lowest BCUT2D eigenvalue weighted by atomic mass is 10.2. The zero-order valence-corrected chi connectivity index (χ0v) is 12.8. The summed E-state index contributed by atoms with van der Waals surface area (Å²) in [7, 11) is 6.00. The van der Waals surface area contributed by atoms with Crippen LogP contribution >= 0.6 is 11.6 Å². The van der Waals surface area contributed by atoms with Crippen molar-refractivity contribution in [3.05, 3.63) is 23.8 Å². The number of carbonyl (C=O) groups excluding carboxylic acids is 1. The van der Waals surface area contributed by atoms with Crippen molar-refractivity contribution in [2.75, 3.05) is 21.1 Å². The minimum absolute atomic E-state index is 0.176. The molecule has 0 unspecified atom stereocenters. The molecule has 0 aromatic heterocycles. The number of carboxylic acid groups (broad SMARTS) is 1. The fourth-order valence-electron chi connectivity index (χ4n) is 0.296. The molecule has 0 radical (unpaired) electrons. The molecule has 1 N–H and O–H groups in total. The predicted octanol–water partition coefficient (Wildman–Crippen LogP) is 2.93. The zero-order chi connectivity index (χ0) is 15.3. The first-order valence-corrected chi connectivity index (χ1v) is 5.78. The SMILES string of the molecule is C=C(C)C(=O)O.CCC(C)=CC(=O)Cl.CN(C)C. The average Bonchev–Trinajstić information content (AvgIpc) is 2.16. The third-order valence-corrected chi connectivity index (χ3v) is 1.39. The third kappa shape index (κ3) is 36.4. The van der Waals surface area contributed by atoms with Gasteiger partial charge in [0.15, 0.2) is 0 Å². The molecule has 106 valence electrons. The highest BCUT2D eigenvalue weighted by Gasteiger charge is 1.90. The maximum Gasteiger partial charge on any atom is 0.330 e. The number of carbonyl (C=O) groups is 2. The molecule has 0 aromatic rings. The number of rotatable bonds is 3. The first-order valence-electron chi connectivity index (χ1n) is 5.40. The lowest BCUT2D eigenvalue weighted by molar-refractivity contribution is -0.132. The Bertz CT molecular complexity index is 282. The molecule has 4 nitrogen and oxygen atoms in total. The van der Waals surface area contributed by atoms with Crippen LogP contribution in [-0.4, -0.2) is 42.4 Å². The van der Waals surface area contributed by atoms with E-state index in [2.05, 4.69) is 6.58 Å². The van der Waals surface area contributed by atoms with Gasteiger partial charge in [-0.15, -0.1) is 0 Å². The van der Waals surface area contributed by atoms with E-state index in [9.17, 15) is 9.59 Å². The molecule has 0 aliphatic heterocycles. The third-order valence-electron chi connectivity index (χ3n) is 1.28. The summed E-state index contributed by atoms with van der Waals surface area (Å²) in [6, 6.07) is 0. The van der Waals surface area contributed by atoms with Gasteiger partial charge in [-0.3, -0.25) is 4.79 Å². The van der Waals surface area contributed by atoms with Gasteiger partial charge < -0.3 is 10.0 Å². The van der Waals surface area contributed by atoms with Crippen LogP contribution in [0.4, 0.5) is 0 Å². The Morgan fingerprint density at radius 2 is 1.56 bits per heavy atom. The average molecular weight is 278 g/mol. The van der Waals surface area contributed by atoms with Gasteiger partial charge in [0.05, 0.1) is 0 Å². The summed E-state index contributed by atoms with van der Waals surface area (Å²) in [5, 5.41) is 7.51. The lowest BCUT2D eigenvalue weighted by Gasteiger charge is -1.90. The maximum absolute atomic E-state index is 10.1. The quantitative estimate of drug-likeness (QED) is 0.636. The minimum Gasteiger partial charge on any atom is -0.478 e. The van der Waals surface area contributed by atoms with Gasteiger partial charge in [-0.05, 0) is 59.1 Å². The van der Waals surface area contributed by atoms with E-state index in [1.807, 2.05) is 39.9 Å². The van der Waals surface area contributed by atoms with Gasteiger partial charge in [0.1, 0.15) is 0 Å². The van der Waals surface area contributed by atoms with Crippen molar-refractivity contribution < 1.29 is 14.7 Å². The lowest BCUT2D eigenvalue weighted by Crippen LogP contribution is -1.99. The molecule has 0 amide bonds. The molecule has 0 aromatic carbocycles. The Morgan fingerprint density at radius 3 is 1.61 bits per heavy atom. The number of hydrogen-bond acceptors (Lipinski definition) is 3. The molecule has 0 spiro atoms. The second-order valence-electron chi connectivity index (χ2n) is 4.08. The fraction of sp³-hybridized carbons (Fsp3) is 0.538. The molecule has 5 heteroatoms. The van der Waals surface area contributed by atoms with Crippen LogP contribution in [0.5, 0.6) is 0 Å². The van der Waals surface area contributed by atoms with Crippen LogP contribution in [0.3, 0.4) is 0 Å². The summed E-state index contributed by atoms with van der Waals surface area (Å²) in [4.78, 5) is 21.7. The van der Waals surface area contributed by atoms with Gasteiger partial charge in [0.2, 0.25) is 5.24 Å². The van der Waals surface area contributed by atoms with Crippen LogP contribution in [0, 0.1) is 0 Å².